The van der Waals surface area contributed by atoms with Crippen LogP contribution in [0.2, 0.25) is 0 Å². The van der Waals surface area contributed by atoms with E-state index in [1.165, 1.54) is 25.3 Å². The predicted molar refractivity (Wildman–Crippen MR) is 115 cm³/mol. The number of nitrogens with zero attached hydrogens (tertiary/aromatic N) is 1. The van der Waals surface area contributed by atoms with Gasteiger partial charge in [0.1, 0.15) is 5.75 Å². The van der Waals surface area contributed by atoms with E-state index in [9.17, 15) is 13.2 Å². The maximum absolute atomic E-state index is 13.1. The first kappa shape index (κ1) is 22.2. The number of carbonyl (C=O) groups is 1. The van der Waals surface area contributed by atoms with Crippen LogP contribution in [-0.2, 0) is 14.8 Å². The van der Waals surface area contributed by atoms with Gasteiger partial charge in [0.25, 0.3) is 10.0 Å². The highest BCUT2D eigenvalue weighted by molar-refractivity contribution is 7.89. The Labute approximate surface area is 172 Å². The van der Waals surface area contributed by atoms with Crippen LogP contribution in [0.3, 0.4) is 0 Å². The molecule has 0 aromatic heterocycles. The molecular weight excluding hydrogens is 386 g/mol. The molecule has 6 heteroatoms. The molecule has 0 atom stereocenters. The highest BCUT2D eigenvalue weighted by Gasteiger charge is 2.29. The van der Waals surface area contributed by atoms with E-state index in [2.05, 4.69) is 12.3 Å². The van der Waals surface area contributed by atoms with Crippen LogP contribution >= 0.6 is 0 Å². The van der Waals surface area contributed by atoms with Crippen LogP contribution < -0.4 is 4.74 Å². The second-order valence-electron chi connectivity index (χ2n) is 6.54. The molecule has 0 spiro atoms. The summed E-state index contributed by atoms with van der Waals surface area (Å²) in [5.74, 6) is -0.0169. The van der Waals surface area contributed by atoms with Crippen LogP contribution in [0.4, 0.5) is 0 Å². The number of hydrogen-bond donors (Lipinski definition) is 0. The highest BCUT2D eigenvalue weighted by Crippen LogP contribution is 2.24. The van der Waals surface area contributed by atoms with Gasteiger partial charge in [-0.15, -0.1) is 12.3 Å². The number of benzene rings is 2. The lowest BCUT2D eigenvalue weighted by Gasteiger charge is -2.22. The van der Waals surface area contributed by atoms with Crippen molar-refractivity contribution in [2.24, 2.45) is 0 Å². The van der Waals surface area contributed by atoms with Gasteiger partial charge in [-0.05, 0) is 49.2 Å². The van der Waals surface area contributed by atoms with E-state index in [-0.39, 0.29) is 17.9 Å². The van der Waals surface area contributed by atoms with Gasteiger partial charge in [0.2, 0.25) is 5.91 Å². The van der Waals surface area contributed by atoms with Crippen LogP contribution in [0.1, 0.15) is 25.8 Å². The van der Waals surface area contributed by atoms with E-state index in [1.54, 1.807) is 12.1 Å². The molecule has 0 aliphatic heterocycles. The standard InChI is InChI=1S/C23H25NO4S/c1-5-15-24(29(26,27)22-13-11-21(28-4)12-14-22)23(25)17-20(16-18(2)3)19-9-7-6-8-10-19/h5-14H,1,15,17H2,2-4H3. The van der Waals surface area contributed by atoms with Crippen molar-refractivity contribution < 1.29 is 17.9 Å². The van der Waals surface area contributed by atoms with Crippen LogP contribution in [0.5, 0.6) is 5.75 Å². The van der Waals surface area contributed by atoms with Gasteiger partial charge in [-0.3, -0.25) is 4.79 Å². The van der Waals surface area contributed by atoms with Crippen molar-refractivity contribution in [3.05, 3.63) is 84.1 Å². The molecule has 0 aliphatic rings. The fraction of sp³-hybridized carbons (Fsp3) is 0.217. The summed E-state index contributed by atoms with van der Waals surface area (Å²) in [6, 6.07) is 15.3. The third kappa shape index (κ3) is 5.70. The summed E-state index contributed by atoms with van der Waals surface area (Å²) < 4.78 is 32.1. The van der Waals surface area contributed by atoms with Crippen molar-refractivity contribution in [1.82, 2.24) is 4.31 Å². The molecule has 0 bridgehead atoms. The van der Waals surface area contributed by atoms with Crippen molar-refractivity contribution in [1.29, 1.82) is 0 Å². The van der Waals surface area contributed by atoms with E-state index in [4.69, 9.17) is 4.74 Å². The molecule has 2 aromatic carbocycles. The molecule has 0 radical (unpaired) electrons. The van der Waals surface area contributed by atoms with Crippen molar-refractivity contribution in [2.75, 3.05) is 13.7 Å². The second-order valence-corrected chi connectivity index (χ2v) is 8.40. The topological polar surface area (TPSA) is 63.7 Å². The molecule has 1 amide bonds. The minimum Gasteiger partial charge on any atom is -0.497 e. The number of ether oxygens (including phenoxy) is 1. The van der Waals surface area contributed by atoms with Crippen molar-refractivity contribution in [3.63, 3.8) is 0 Å². The molecule has 0 saturated carbocycles. The zero-order chi connectivity index (χ0) is 21.4. The van der Waals surface area contributed by atoms with Crippen LogP contribution in [0.25, 0.3) is 5.57 Å². The molecule has 152 valence electrons. The third-order valence-electron chi connectivity index (χ3n) is 4.07. The van der Waals surface area contributed by atoms with E-state index in [1.807, 2.05) is 44.2 Å². The lowest BCUT2D eigenvalue weighted by molar-refractivity contribution is -0.125. The summed E-state index contributed by atoms with van der Waals surface area (Å²) >= 11 is 0. The minimum atomic E-state index is -4.03. The lowest BCUT2D eigenvalue weighted by Crippen LogP contribution is -2.37. The Morgan fingerprint density at radius 2 is 1.72 bits per heavy atom. The first-order chi connectivity index (χ1) is 13.8. The Kier molecular flexibility index (Phi) is 7.59. The summed E-state index contributed by atoms with van der Waals surface area (Å²) in [6.45, 7) is 7.23. The fourth-order valence-corrected chi connectivity index (χ4v) is 4.09. The van der Waals surface area contributed by atoms with Gasteiger partial charge in [0.15, 0.2) is 0 Å². The number of hydrogen-bond acceptors (Lipinski definition) is 4. The average molecular weight is 412 g/mol. The average Bonchev–Trinajstić information content (AvgIpc) is 2.71. The Morgan fingerprint density at radius 1 is 1.10 bits per heavy atom. The molecule has 0 N–H and O–H groups in total. The first-order valence-electron chi connectivity index (χ1n) is 9.08. The van der Waals surface area contributed by atoms with Crippen molar-refractivity contribution in [2.45, 2.75) is 25.2 Å². The first-order valence-corrected chi connectivity index (χ1v) is 10.5. The van der Waals surface area contributed by atoms with E-state index < -0.39 is 15.9 Å². The number of carbonyl (C=O) groups excluding carboxylic acids is 1. The zero-order valence-electron chi connectivity index (χ0n) is 16.9. The van der Waals surface area contributed by atoms with Gasteiger partial charge < -0.3 is 4.74 Å². The number of sulfonamides is 1. The summed E-state index contributed by atoms with van der Waals surface area (Å²) in [6.07, 6.45) is 1.30. The molecule has 0 heterocycles. The maximum atomic E-state index is 13.1. The Balaban J connectivity index is 2.41. The van der Waals surface area contributed by atoms with Crippen molar-refractivity contribution in [3.8, 4) is 5.75 Å². The monoisotopic (exact) mass is 411 g/mol. The third-order valence-corrected chi connectivity index (χ3v) is 5.87. The lowest BCUT2D eigenvalue weighted by atomic mass is 10.0. The summed E-state index contributed by atoms with van der Waals surface area (Å²) in [7, 11) is -2.54. The SMILES string of the molecule is C=CCN(C(=O)CC(=C=C(C)C)c1ccccc1)S(=O)(=O)c1ccc(OC)cc1. The van der Waals surface area contributed by atoms with E-state index >= 15 is 0 Å². The second kappa shape index (κ2) is 9.92. The Bertz CT molecular complexity index is 1030. The quantitative estimate of drug-likeness (QED) is 0.476. The van der Waals surface area contributed by atoms with Gasteiger partial charge in [-0.25, -0.2) is 12.7 Å². The summed E-state index contributed by atoms with van der Waals surface area (Å²) in [5, 5.41) is 0. The molecule has 5 nitrogen and oxygen atoms in total. The summed E-state index contributed by atoms with van der Waals surface area (Å²) in [4.78, 5) is 13.1. The number of amides is 1. The van der Waals surface area contributed by atoms with Crippen LogP contribution in [0, 0.1) is 0 Å². The van der Waals surface area contributed by atoms with Gasteiger partial charge in [0.05, 0.1) is 25.0 Å². The number of rotatable bonds is 8. The molecule has 2 aromatic rings. The van der Waals surface area contributed by atoms with E-state index in [0.717, 1.165) is 15.4 Å². The largest absolute Gasteiger partial charge is 0.497 e. The maximum Gasteiger partial charge on any atom is 0.266 e. The van der Waals surface area contributed by atoms with Gasteiger partial charge in [0, 0.05) is 5.57 Å². The smallest absolute Gasteiger partial charge is 0.266 e. The normalized spacial score (nSPS) is 10.6. The fourth-order valence-electron chi connectivity index (χ4n) is 2.73. The molecule has 0 unspecified atom stereocenters. The summed E-state index contributed by atoms with van der Waals surface area (Å²) in [5.41, 5.74) is 5.53. The highest BCUT2D eigenvalue weighted by atomic mass is 32.2. The molecular formula is C23H25NO4S. The van der Waals surface area contributed by atoms with Crippen LogP contribution in [0.15, 0.2) is 83.5 Å². The van der Waals surface area contributed by atoms with E-state index in [0.29, 0.717) is 11.3 Å². The Hall–Kier alpha value is -3.08. The predicted octanol–water partition coefficient (Wildman–Crippen LogP) is 4.44. The number of methoxy groups -OCH3 is 1. The molecule has 0 fully saturated rings. The van der Waals surface area contributed by atoms with Gasteiger partial charge >= 0.3 is 0 Å². The molecule has 29 heavy (non-hydrogen) atoms. The van der Waals surface area contributed by atoms with Crippen molar-refractivity contribution >= 4 is 21.5 Å². The molecule has 0 saturated heterocycles. The molecule has 0 aliphatic carbocycles. The van der Waals surface area contributed by atoms with Crippen LogP contribution in [-0.4, -0.2) is 32.3 Å². The van der Waals surface area contributed by atoms with Gasteiger partial charge in [-0.2, -0.15) is 0 Å². The van der Waals surface area contributed by atoms with Gasteiger partial charge in [-0.1, -0.05) is 36.4 Å². The zero-order valence-corrected chi connectivity index (χ0v) is 17.7. The molecule has 2 rings (SSSR count). The minimum absolute atomic E-state index is 0.0148. The Morgan fingerprint density at radius 3 is 2.24 bits per heavy atom.